The Balaban J connectivity index is 2.50. The van der Waals surface area contributed by atoms with E-state index in [1.165, 1.54) is 6.07 Å². The first-order valence-corrected chi connectivity index (χ1v) is 7.43. The number of aryl methyl sites for hydroxylation is 1. The summed E-state index contributed by atoms with van der Waals surface area (Å²) in [6.45, 7) is 1.73. The SMILES string of the molecule is Cc1cc(C(Br)c2ccccc2Br)c(Cl)cc1F. The summed E-state index contributed by atoms with van der Waals surface area (Å²) in [6, 6.07) is 11.0. The lowest BCUT2D eigenvalue weighted by atomic mass is 10.0. The summed E-state index contributed by atoms with van der Waals surface area (Å²) >= 11 is 13.2. The van der Waals surface area contributed by atoms with Gasteiger partial charge in [0.05, 0.1) is 4.83 Å². The smallest absolute Gasteiger partial charge is 0.127 e. The Morgan fingerprint density at radius 2 is 1.83 bits per heavy atom. The molecule has 0 aliphatic heterocycles. The molecule has 2 rings (SSSR count). The summed E-state index contributed by atoms with van der Waals surface area (Å²) in [6.07, 6.45) is 0. The molecule has 0 saturated heterocycles. The predicted octanol–water partition coefficient (Wildman–Crippen LogP) is 6.03. The Morgan fingerprint density at radius 3 is 2.50 bits per heavy atom. The van der Waals surface area contributed by atoms with Gasteiger partial charge in [-0.2, -0.15) is 0 Å². The molecule has 0 nitrogen and oxygen atoms in total. The molecule has 0 aliphatic carbocycles. The first-order valence-electron chi connectivity index (χ1n) is 5.34. The third kappa shape index (κ3) is 2.79. The molecule has 0 amide bonds. The van der Waals surface area contributed by atoms with E-state index in [4.69, 9.17) is 11.6 Å². The summed E-state index contributed by atoms with van der Waals surface area (Å²) in [7, 11) is 0. The van der Waals surface area contributed by atoms with Gasteiger partial charge in [0.1, 0.15) is 5.82 Å². The monoisotopic (exact) mass is 390 g/mol. The van der Waals surface area contributed by atoms with Crippen molar-refractivity contribution >= 4 is 43.5 Å². The number of hydrogen-bond acceptors (Lipinski definition) is 0. The molecule has 18 heavy (non-hydrogen) atoms. The quantitative estimate of drug-likeness (QED) is 0.547. The molecule has 0 aliphatic rings. The standard InChI is InChI=1S/C14H10Br2ClF/c1-8-6-10(12(17)7-13(8)18)14(16)9-4-2-3-5-11(9)15/h2-7,14H,1H3. The Kier molecular flexibility index (Phi) is 4.46. The van der Waals surface area contributed by atoms with E-state index in [1.54, 1.807) is 13.0 Å². The van der Waals surface area contributed by atoms with E-state index in [0.717, 1.165) is 15.6 Å². The lowest BCUT2D eigenvalue weighted by Crippen LogP contribution is -1.97. The van der Waals surface area contributed by atoms with Crippen LogP contribution in [0.3, 0.4) is 0 Å². The van der Waals surface area contributed by atoms with Gasteiger partial charge in [0.2, 0.25) is 0 Å². The van der Waals surface area contributed by atoms with Crippen molar-refractivity contribution in [3.63, 3.8) is 0 Å². The van der Waals surface area contributed by atoms with Crippen LogP contribution in [0, 0.1) is 12.7 Å². The number of halogens is 4. The lowest BCUT2D eigenvalue weighted by Gasteiger charge is -2.15. The van der Waals surface area contributed by atoms with Crippen molar-refractivity contribution in [1.82, 2.24) is 0 Å². The lowest BCUT2D eigenvalue weighted by molar-refractivity contribution is 0.618. The molecule has 1 atom stereocenters. The van der Waals surface area contributed by atoms with Crippen LogP contribution in [0.1, 0.15) is 21.5 Å². The third-order valence-electron chi connectivity index (χ3n) is 2.73. The molecule has 2 aromatic rings. The van der Waals surface area contributed by atoms with Gasteiger partial charge < -0.3 is 0 Å². The fraction of sp³-hybridized carbons (Fsp3) is 0.143. The van der Waals surface area contributed by atoms with Gasteiger partial charge in [-0.15, -0.1) is 0 Å². The number of rotatable bonds is 2. The van der Waals surface area contributed by atoms with E-state index in [9.17, 15) is 4.39 Å². The molecule has 0 spiro atoms. The van der Waals surface area contributed by atoms with Crippen molar-refractivity contribution in [3.8, 4) is 0 Å². The van der Waals surface area contributed by atoms with E-state index in [-0.39, 0.29) is 10.6 Å². The Morgan fingerprint density at radius 1 is 1.17 bits per heavy atom. The van der Waals surface area contributed by atoms with Crippen molar-refractivity contribution in [2.75, 3.05) is 0 Å². The first-order chi connectivity index (χ1) is 8.50. The molecular formula is C14H10Br2ClF. The van der Waals surface area contributed by atoms with E-state index < -0.39 is 0 Å². The maximum Gasteiger partial charge on any atom is 0.127 e. The molecule has 4 heteroatoms. The summed E-state index contributed by atoms with van der Waals surface area (Å²) in [5.74, 6) is -0.282. The van der Waals surface area contributed by atoms with Crippen molar-refractivity contribution < 1.29 is 4.39 Å². The largest absolute Gasteiger partial charge is 0.207 e. The third-order valence-corrected chi connectivity index (χ3v) is 4.77. The average Bonchev–Trinajstić information content (AvgIpc) is 2.33. The molecule has 94 valence electrons. The van der Waals surface area contributed by atoms with Crippen LogP contribution in [0.4, 0.5) is 4.39 Å². The molecule has 0 fully saturated rings. The number of benzene rings is 2. The number of alkyl halides is 1. The maximum atomic E-state index is 13.4. The molecule has 0 heterocycles. The van der Waals surface area contributed by atoms with Crippen LogP contribution in [0.2, 0.25) is 5.02 Å². The van der Waals surface area contributed by atoms with E-state index >= 15 is 0 Å². The predicted molar refractivity (Wildman–Crippen MR) is 81.1 cm³/mol. The van der Waals surface area contributed by atoms with Crippen LogP contribution in [-0.2, 0) is 0 Å². The summed E-state index contributed by atoms with van der Waals surface area (Å²) < 4.78 is 14.4. The van der Waals surface area contributed by atoms with Gasteiger partial charge >= 0.3 is 0 Å². The van der Waals surface area contributed by atoms with Crippen molar-refractivity contribution in [2.45, 2.75) is 11.8 Å². The molecule has 2 aromatic carbocycles. The zero-order chi connectivity index (χ0) is 13.3. The molecular weight excluding hydrogens is 382 g/mol. The highest BCUT2D eigenvalue weighted by Gasteiger charge is 2.17. The second kappa shape index (κ2) is 5.72. The van der Waals surface area contributed by atoms with Crippen LogP contribution < -0.4 is 0 Å². The van der Waals surface area contributed by atoms with Crippen molar-refractivity contribution in [3.05, 3.63) is 68.4 Å². The highest BCUT2D eigenvalue weighted by Crippen LogP contribution is 2.39. The zero-order valence-corrected chi connectivity index (χ0v) is 13.5. The van der Waals surface area contributed by atoms with Crippen LogP contribution >= 0.6 is 43.5 Å². The van der Waals surface area contributed by atoms with E-state index in [1.807, 2.05) is 24.3 Å². The van der Waals surface area contributed by atoms with Gasteiger partial charge in [-0.3, -0.25) is 0 Å². The topological polar surface area (TPSA) is 0 Å². The summed E-state index contributed by atoms with van der Waals surface area (Å²) in [5.41, 5.74) is 2.51. The zero-order valence-electron chi connectivity index (χ0n) is 9.55. The fourth-order valence-corrected chi connectivity index (χ4v) is 3.71. The van der Waals surface area contributed by atoms with Crippen LogP contribution in [0.25, 0.3) is 0 Å². The minimum absolute atomic E-state index is 0.0696. The molecule has 0 N–H and O–H groups in total. The second-order valence-electron chi connectivity index (χ2n) is 4.01. The van der Waals surface area contributed by atoms with Crippen molar-refractivity contribution in [2.24, 2.45) is 0 Å². The van der Waals surface area contributed by atoms with Gasteiger partial charge in [0.15, 0.2) is 0 Å². The summed E-state index contributed by atoms with van der Waals surface area (Å²) in [4.78, 5) is -0.0696. The Labute approximate surface area is 127 Å². The van der Waals surface area contributed by atoms with Gasteiger partial charge in [-0.05, 0) is 35.7 Å². The minimum atomic E-state index is -0.282. The number of hydrogen-bond donors (Lipinski definition) is 0. The van der Waals surface area contributed by atoms with E-state index in [2.05, 4.69) is 31.9 Å². The fourth-order valence-electron chi connectivity index (χ4n) is 1.72. The maximum absolute atomic E-state index is 13.4. The molecule has 0 radical (unpaired) electrons. The van der Waals surface area contributed by atoms with Gasteiger partial charge in [0, 0.05) is 9.50 Å². The second-order valence-corrected chi connectivity index (χ2v) is 6.18. The average molecular weight is 392 g/mol. The Bertz CT molecular complexity index is 584. The van der Waals surface area contributed by atoms with Gasteiger partial charge in [-0.25, -0.2) is 4.39 Å². The van der Waals surface area contributed by atoms with Crippen LogP contribution in [0.5, 0.6) is 0 Å². The van der Waals surface area contributed by atoms with Crippen LogP contribution in [0.15, 0.2) is 40.9 Å². The Hall–Kier alpha value is -0.380. The molecule has 0 saturated carbocycles. The van der Waals surface area contributed by atoms with Gasteiger partial charge in [0.25, 0.3) is 0 Å². The minimum Gasteiger partial charge on any atom is -0.207 e. The molecule has 0 aromatic heterocycles. The molecule has 1 unspecified atom stereocenters. The van der Waals surface area contributed by atoms with Crippen molar-refractivity contribution in [1.29, 1.82) is 0 Å². The highest BCUT2D eigenvalue weighted by atomic mass is 79.9. The highest BCUT2D eigenvalue weighted by molar-refractivity contribution is 9.11. The first kappa shape index (κ1) is 14.0. The normalized spacial score (nSPS) is 12.5. The van der Waals surface area contributed by atoms with E-state index in [0.29, 0.717) is 10.6 Å². The summed E-state index contributed by atoms with van der Waals surface area (Å²) in [5, 5.41) is 0.427. The van der Waals surface area contributed by atoms with Gasteiger partial charge in [-0.1, -0.05) is 67.7 Å². The molecule has 0 bridgehead atoms. The van der Waals surface area contributed by atoms with Crippen LogP contribution in [-0.4, -0.2) is 0 Å².